The lowest BCUT2D eigenvalue weighted by Gasteiger charge is -2.11. The summed E-state index contributed by atoms with van der Waals surface area (Å²) in [6.07, 6.45) is 0. The molecule has 0 spiro atoms. The minimum Gasteiger partial charge on any atom is -0.491 e. The number of amides is 1. The smallest absolute Gasteiger partial charge is 0.290 e. The second kappa shape index (κ2) is 10.1. The van der Waals surface area contributed by atoms with Gasteiger partial charge >= 0.3 is 0 Å². The molecule has 2 aromatic carbocycles. The summed E-state index contributed by atoms with van der Waals surface area (Å²) in [5.41, 5.74) is 3.13. The number of ether oxygens (including phenoxy) is 1. The summed E-state index contributed by atoms with van der Waals surface area (Å²) in [4.78, 5) is 24.2. The average molecular weight is 400 g/mol. The van der Waals surface area contributed by atoms with E-state index in [1.807, 2.05) is 31.2 Å². The predicted molar refractivity (Wildman–Crippen MR) is 107 cm³/mol. The highest BCUT2D eigenvalue weighted by Gasteiger charge is 2.11. The van der Waals surface area contributed by atoms with E-state index < -0.39 is 5.82 Å². The third-order valence-electron chi connectivity index (χ3n) is 3.90. The van der Waals surface area contributed by atoms with Crippen LogP contribution in [0.3, 0.4) is 0 Å². The Bertz CT molecular complexity index is 1020. The van der Waals surface area contributed by atoms with E-state index in [1.54, 1.807) is 6.07 Å². The zero-order chi connectivity index (χ0) is 21.4. The maximum Gasteiger partial charge on any atom is 0.290 e. The number of carbonyl (C=O) groups is 2. The van der Waals surface area contributed by atoms with Crippen molar-refractivity contribution < 1.29 is 28.9 Å². The van der Waals surface area contributed by atoms with Crippen molar-refractivity contribution in [3.63, 3.8) is 0 Å². The molecule has 1 amide bonds. The number of aromatic nitrogens is 1. The Balaban J connectivity index is 0.000000941. The number of hydrogen-bond donors (Lipinski definition) is 3. The number of carbonyl (C=O) groups excluding carboxylic acids is 1. The molecule has 0 unspecified atom stereocenters. The number of nitrogens with one attached hydrogen (secondary N) is 1. The molecule has 7 nitrogen and oxygen atoms in total. The topological polar surface area (TPSA) is 109 Å². The molecule has 3 rings (SSSR count). The molecule has 0 saturated heterocycles. The van der Waals surface area contributed by atoms with Crippen molar-refractivity contribution in [3.05, 3.63) is 53.8 Å². The zero-order valence-electron chi connectivity index (χ0n) is 16.0. The van der Waals surface area contributed by atoms with Crippen LogP contribution < -0.4 is 10.1 Å². The Labute approximate surface area is 166 Å². The van der Waals surface area contributed by atoms with Crippen LogP contribution in [-0.2, 0) is 9.59 Å². The van der Waals surface area contributed by atoms with E-state index in [1.165, 1.54) is 19.1 Å². The number of nitrogens with zero attached hydrogens (tertiary/aromatic N) is 1. The predicted octanol–water partition coefficient (Wildman–Crippen LogP) is 3.38. The molecule has 0 saturated carbocycles. The summed E-state index contributed by atoms with van der Waals surface area (Å²) in [6.45, 7) is 3.12. The van der Waals surface area contributed by atoms with Crippen molar-refractivity contribution in [3.8, 4) is 17.0 Å². The third-order valence-corrected chi connectivity index (χ3v) is 3.90. The molecule has 0 atom stereocenters. The molecule has 3 N–H and O–H groups in total. The first kappa shape index (κ1) is 21.8. The van der Waals surface area contributed by atoms with Crippen molar-refractivity contribution in [2.24, 2.45) is 0 Å². The first-order chi connectivity index (χ1) is 13.9. The number of aryl methyl sites for hydroxylation is 1. The van der Waals surface area contributed by atoms with Gasteiger partial charge in [-0.25, -0.2) is 9.37 Å². The summed E-state index contributed by atoms with van der Waals surface area (Å²) in [5, 5.41) is 18.9. The Kier molecular flexibility index (Phi) is 7.62. The van der Waals surface area contributed by atoms with E-state index in [4.69, 9.17) is 19.7 Å². The summed E-state index contributed by atoms with van der Waals surface area (Å²) < 4.78 is 19.6. The largest absolute Gasteiger partial charge is 0.491 e. The monoisotopic (exact) mass is 400 g/mol. The number of halogens is 1. The Morgan fingerprint density at radius 1 is 1.28 bits per heavy atom. The van der Waals surface area contributed by atoms with Gasteiger partial charge in [-0.05, 0) is 42.8 Å². The second-order valence-electron chi connectivity index (χ2n) is 6.06. The van der Waals surface area contributed by atoms with Crippen LogP contribution in [0.15, 0.2) is 42.5 Å². The minimum absolute atomic E-state index is 0.0605. The normalized spacial score (nSPS) is 10.1. The molecule has 0 aliphatic carbocycles. The quantitative estimate of drug-likeness (QED) is 0.567. The Hall–Kier alpha value is -3.52. The number of fused-ring (bicyclic) bond motifs is 1. The van der Waals surface area contributed by atoms with Crippen molar-refractivity contribution in [1.29, 1.82) is 0 Å². The van der Waals surface area contributed by atoms with Gasteiger partial charge in [-0.1, -0.05) is 12.1 Å². The molecule has 3 aromatic rings. The molecule has 1 aromatic heterocycles. The minimum atomic E-state index is -0.496. The number of pyridine rings is 1. The van der Waals surface area contributed by atoms with Crippen LogP contribution >= 0.6 is 0 Å². The first-order valence-electron chi connectivity index (χ1n) is 8.70. The second-order valence-corrected chi connectivity index (χ2v) is 6.06. The summed E-state index contributed by atoms with van der Waals surface area (Å²) in [5.74, 6) is -0.205. The van der Waals surface area contributed by atoms with Gasteiger partial charge in [0, 0.05) is 17.9 Å². The Morgan fingerprint density at radius 3 is 2.66 bits per heavy atom. The van der Waals surface area contributed by atoms with E-state index in [0.717, 1.165) is 11.1 Å². The van der Waals surface area contributed by atoms with Gasteiger partial charge in [0.05, 0.1) is 23.5 Å². The number of rotatable bonds is 5. The first-order valence-corrected chi connectivity index (χ1v) is 8.70. The number of aliphatic hydroxyl groups excluding tert-OH is 1. The van der Waals surface area contributed by atoms with Crippen LogP contribution in [0.25, 0.3) is 22.2 Å². The number of carboxylic acid groups (broad SMARTS) is 1. The van der Waals surface area contributed by atoms with E-state index >= 15 is 0 Å². The number of hydrogen-bond acceptors (Lipinski definition) is 5. The Morgan fingerprint density at radius 2 is 2.00 bits per heavy atom. The fourth-order valence-electron chi connectivity index (χ4n) is 2.76. The number of benzene rings is 2. The van der Waals surface area contributed by atoms with Crippen molar-refractivity contribution in [1.82, 2.24) is 4.98 Å². The fraction of sp³-hybridized carbons (Fsp3) is 0.190. The lowest BCUT2D eigenvalue weighted by Crippen LogP contribution is -2.07. The molecular weight excluding hydrogens is 379 g/mol. The van der Waals surface area contributed by atoms with Gasteiger partial charge < -0.3 is 20.3 Å². The van der Waals surface area contributed by atoms with Gasteiger partial charge in [0.2, 0.25) is 5.91 Å². The molecule has 29 heavy (non-hydrogen) atoms. The van der Waals surface area contributed by atoms with Crippen LogP contribution in [0.1, 0.15) is 12.5 Å². The molecular formula is C21H21FN2O5. The van der Waals surface area contributed by atoms with Crippen molar-refractivity contribution >= 4 is 29.0 Å². The van der Waals surface area contributed by atoms with Crippen LogP contribution in [0, 0.1) is 12.7 Å². The number of aliphatic hydroxyl groups is 1. The summed E-state index contributed by atoms with van der Waals surface area (Å²) >= 11 is 0. The molecule has 152 valence electrons. The van der Waals surface area contributed by atoms with Gasteiger partial charge in [0.15, 0.2) is 0 Å². The van der Waals surface area contributed by atoms with Crippen molar-refractivity contribution in [2.45, 2.75) is 13.8 Å². The van der Waals surface area contributed by atoms with Crippen LogP contribution in [0.5, 0.6) is 5.75 Å². The van der Waals surface area contributed by atoms with Crippen LogP contribution in [0.2, 0.25) is 0 Å². The van der Waals surface area contributed by atoms with Gasteiger partial charge in [-0.15, -0.1) is 0 Å². The fourth-order valence-corrected chi connectivity index (χ4v) is 2.76. The standard InChI is InChI=1S/C20H19FN2O3.CH2O2/c1-12-8-18(14-4-3-5-15(9-14)26-7-6-24)23-19-11-20(22-13(2)25)17(21)10-16(12)19;2-1-3/h3-5,8-11,24H,6-7H2,1-2H3,(H,22,25);1H,(H,2,3). The highest BCUT2D eigenvalue weighted by Crippen LogP contribution is 2.29. The zero-order valence-corrected chi connectivity index (χ0v) is 16.0. The maximum absolute atomic E-state index is 14.2. The highest BCUT2D eigenvalue weighted by molar-refractivity contribution is 5.93. The number of anilines is 1. The highest BCUT2D eigenvalue weighted by atomic mass is 19.1. The van der Waals surface area contributed by atoms with Crippen molar-refractivity contribution in [2.75, 3.05) is 18.5 Å². The molecule has 0 aliphatic heterocycles. The third kappa shape index (κ3) is 5.73. The van der Waals surface area contributed by atoms with Crippen LogP contribution in [-0.4, -0.2) is 40.8 Å². The van der Waals surface area contributed by atoms with Gasteiger partial charge in [-0.2, -0.15) is 0 Å². The average Bonchev–Trinajstić information content (AvgIpc) is 2.68. The molecule has 0 fully saturated rings. The molecule has 1 heterocycles. The van der Waals surface area contributed by atoms with E-state index in [0.29, 0.717) is 22.3 Å². The SMILES string of the molecule is CC(=O)Nc1cc2nc(-c3cccc(OCCO)c3)cc(C)c2cc1F.O=CO. The summed E-state index contributed by atoms with van der Waals surface area (Å²) in [7, 11) is 0. The lowest BCUT2D eigenvalue weighted by molar-refractivity contribution is -0.123. The van der Waals surface area contributed by atoms with Gasteiger partial charge in [0.1, 0.15) is 18.2 Å². The van der Waals surface area contributed by atoms with E-state index in [9.17, 15) is 9.18 Å². The van der Waals surface area contributed by atoms with Gasteiger partial charge in [0.25, 0.3) is 6.47 Å². The van der Waals surface area contributed by atoms with E-state index in [2.05, 4.69) is 10.3 Å². The van der Waals surface area contributed by atoms with E-state index in [-0.39, 0.29) is 31.3 Å². The molecule has 0 aliphatic rings. The maximum atomic E-state index is 14.2. The molecule has 8 heteroatoms. The summed E-state index contributed by atoms with van der Waals surface area (Å²) in [6, 6.07) is 12.2. The molecule has 0 radical (unpaired) electrons. The van der Waals surface area contributed by atoms with Crippen LogP contribution in [0.4, 0.5) is 10.1 Å². The molecule has 0 bridgehead atoms. The van der Waals surface area contributed by atoms with Gasteiger partial charge in [-0.3, -0.25) is 9.59 Å². The lowest BCUT2D eigenvalue weighted by atomic mass is 10.0.